The highest BCUT2D eigenvalue weighted by molar-refractivity contribution is 6.09. The Hall–Kier alpha value is -2.77. The van der Waals surface area contributed by atoms with Crippen LogP contribution in [-0.4, -0.2) is 60.5 Å². The van der Waals surface area contributed by atoms with Gasteiger partial charge in [0, 0.05) is 13.1 Å². The summed E-state index contributed by atoms with van der Waals surface area (Å²) in [6.07, 6.45) is 3.49. The molecule has 1 spiro atoms. The minimum atomic E-state index is -0.851. The highest BCUT2D eigenvalue weighted by Crippen LogP contribution is 2.38. The number of nitrogens with one attached hydrogen (secondary N) is 1. The van der Waals surface area contributed by atoms with Crippen LogP contribution in [0.15, 0.2) is 18.2 Å². The molecule has 4 amide bonds. The summed E-state index contributed by atoms with van der Waals surface area (Å²) < 4.78 is 10.6. The lowest BCUT2D eigenvalue weighted by molar-refractivity contribution is -0.140. The van der Waals surface area contributed by atoms with Crippen molar-refractivity contribution in [3.05, 3.63) is 23.8 Å². The fourth-order valence-electron chi connectivity index (χ4n) is 4.45. The Kier molecular flexibility index (Phi) is 6.53. The molecule has 1 heterocycles. The number of ether oxygens (including phenoxy) is 2. The number of rotatable bonds is 7. The Morgan fingerprint density at radius 3 is 2.60 bits per heavy atom. The maximum atomic E-state index is 13.1. The second kappa shape index (κ2) is 8.93. The van der Waals surface area contributed by atoms with E-state index in [2.05, 4.69) is 5.32 Å². The van der Waals surface area contributed by atoms with E-state index < -0.39 is 11.6 Å². The zero-order valence-electron chi connectivity index (χ0n) is 18.2. The SMILES string of the molecule is CCN(Cc1ccc(OC)c(OC)c1)C(=O)CN1C(=O)NC2(CCCCC2C)C1=O. The summed E-state index contributed by atoms with van der Waals surface area (Å²) in [6.45, 7) is 4.42. The molecule has 1 aromatic rings. The predicted molar refractivity (Wildman–Crippen MR) is 111 cm³/mol. The molecule has 30 heavy (non-hydrogen) atoms. The fourth-order valence-corrected chi connectivity index (χ4v) is 4.45. The molecule has 1 saturated heterocycles. The maximum Gasteiger partial charge on any atom is 0.325 e. The summed E-state index contributed by atoms with van der Waals surface area (Å²) in [7, 11) is 3.13. The molecule has 8 nitrogen and oxygen atoms in total. The van der Waals surface area contributed by atoms with Gasteiger partial charge in [-0.25, -0.2) is 4.79 Å². The molecule has 3 rings (SSSR count). The molecule has 1 aromatic carbocycles. The second-order valence-electron chi connectivity index (χ2n) is 8.04. The highest BCUT2D eigenvalue weighted by Gasteiger charge is 2.55. The molecule has 1 N–H and O–H groups in total. The van der Waals surface area contributed by atoms with Gasteiger partial charge in [-0.05, 0) is 43.4 Å². The molecule has 2 atom stereocenters. The normalized spacial score (nSPS) is 23.5. The van der Waals surface area contributed by atoms with Gasteiger partial charge in [0.15, 0.2) is 11.5 Å². The van der Waals surface area contributed by atoms with E-state index in [9.17, 15) is 14.4 Å². The summed E-state index contributed by atoms with van der Waals surface area (Å²) in [4.78, 5) is 41.3. The number of hydrogen-bond donors (Lipinski definition) is 1. The van der Waals surface area contributed by atoms with Crippen molar-refractivity contribution in [3.63, 3.8) is 0 Å². The number of carbonyl (C=O) groups is 3. The molecule has 8 heteroatoms. The molecular formula is C22H31N3O5. The van der Waals surface area contributed by atoms with E-state index in [0.717, 1.165) is 29.7 Å². The summed E-state index contributed by atoms with van der Waals surface area (Å²) >= 11 is 0. The summed E-state index contributed by atoms with van der Waals surface area (Å²) in [5.74, 6) is 0.728. The number of imide groups is 1. The molecule has 1 aliphatic carbocycles. The van der Waals surface area contributed by atoms with Gasteiger partial charge in [-0.3, -0.25) is 14.5 Å². The Labute approximate surface area is 177 Å². The second-order valence-corrected chi connectivity index (χ2v) is 8.04. The van der Waals surface area contributed by atoms with Crippen molar-refractivity contribution in [2.75, 3.05) is 27.3 Å². The molecule has 1 saturated carbocycles. The van der Waals surface area contributed by atoms with Crippen molar-refractivity contribution in [2.45, 2.75) is 51.6 Å². The first-order chi connectivity index (χ1) is 14.4. The van der Waals surface area contributed by atoms with E-state index in [1.54, 1.807) is 25.2 Å². The summed E-state index contributed by atoms with van der Waals surface area (Å²) in [6, 6.07) is 5.01. The number of urea groups is 1. The van der Waals surface area contributed by atoms with Crippen molar-refractivity contribution in [2.24, 2.45) is 5.92 Å². The highest BCUT2D eigenvalue weighted by atomic mass is 16.5. The molecule has 0 aromatic heterocycles. The number of hydrogen-bond acceptors (Lipinski definition) is 5. The van der Waals surface area contributed by atoms with Crippen LogP contribution >= 0.6 is 0 Å². The lowest BCUT2D eigenvalue weighted by Crippen LogP contribution is -2.54. The number of methoxy groups -OCH3 is 2. The van der Waals surface area contributed by atoms with Crippen LogP contribution in [-0.2, 0) is 16.1 Å². The van der Waals surface area contributed by atoms with Crippen LogP contribution in [0.2, 0.25) is 0 Å². The lowest BCUT2D eigenvalue weighted by Gasteiger charge is -2.36. The standard InChI is InChI=1S/C22H31N3O5/c1-5-24(13-16-9-10-17(29-3)18(12-16)30-4)19(26)14-25-20(27)22(23-21(25)28)11-7-6-8-15(22)2/h9-10,12,15H,5-8,11,13-14H2,1-4H3,(H,23,28). The van der Waals surface area contributed by atoms with E-state index in [0.29, 0.717) is 31.0 Å². The van der Waals surface area contributed by atoms with Crippen molar-refractivity contribution in [1.29, 1.82) is 0 Å². The number of likely N-dealkylation sites (N-methyl/N-ethyl adjacent to an activating group) is 1. The van der Waals surface area contributed by atoms with E-state index in [1.165, 1.54) is 0 Å². The molecular weight excluding hydrogens is 386 g/mol. The van der Waals surface area contributed by atoms with E-state index in [4.69, 9.17) is 9.47 Å². The monoisotopic (exact) mass is 417 g/mol. The van der Waals surface area contributed by atoms with Gasteiger partial charge in [0.2, 0.25) is 5.91 Å². The smallest absolute Gasteiger partial charge is 0.325 e. The topological polar surface area (TPSA) is 88.2 Å². The summed E-state index contributed by atoms with van der Waals surface area (Å²) in [5, 5.41) is 2.89. The van der Waals surface area contributed by atoms with Crippen molar-refractivity contribution in [1.82, 2.24) is 15.1 Å². The van der Waals surface area contributed by atoms with Gasteiger partial charge in [-0.1, -0.05) is 25.8 Å². The molecule has 2 unspecified atom stereocenters. The minimum absolute atomic E-state index is 0.0665. The molecule has 0 radical (unpaired) electrons. The number of amides is 4. The third-order valence-electron chi connectivity index (χ3n) is 6.35. The van der Waals surface area contributed by atoms with Crippen LogP contribution in [0.5, 0.6) is 11.5 Å². The minimum Gasteiger partial charge on any atom is -0.493 e. The third-order valence-corrected chi connectivity index (χ3v) is 6.35. The Morgan fingerprint density at radius 2 is 1.97 bits per heavy atom. The lowest BCUT2D eigenvalue weighted by atomic mass is 9.73. The van der Waals surface area contributed by atoms with Gasteiger partial charge < -0.3 is 19.7 Å². The largest absolute Gasteiger partial charge is 0.493 e. The van der Waals surface area contributed by atoms with Crippen LogP contribution in [0.1, 0.15) is 45.1 Å². The van der Waals surface area contributed by atoms with Crippen LogP contribution in [0, 0.1) is 5.92 Å². The van der Waals surface area contributed by atoms with Gasteiger partial charge in [0.05, 0.1) is 14.2 Å². The number of benzene rings is 1. The molecule has 2 aliphatic rings. The van der Waals surface area contributed by atoms with Gasteiger partial charge in [0.1, 0.15) is 12.1 Å². The number of carbonyl (C=O) groups excluding carboxylic acids is 3. The van der Waals surface area contributed by atoms with Gasteiger partial charge >= 0.3 is 6.03 Å². The third kappa shape index (κ3) is 3.95. The Morgan fingerprint density at radius 1 is 1.23 bits per heavy atom. The quantitative estimate of drug-likeness (QED) is 0.689. The number of nitrogens with zero attached hydrogens (tertiary/aromatic N) is 2. The molecule has 1 aliphatic heterocycles. The van der Waals surface area contributed by atoms with Crippen molar-refractivity contribution in [3.8, 4) is 11.5 Å². The van der Waals surface area contributed by atoms with Crippen LogP contribution in [0.3, 0.4) is 0 Å². The van der Waals surface area contributed by atoms with E-state index >= 15 is 0 Å². The first-order valence-electron chi connectivity index (χ1n) is 10.5. The van der Waals surface area contributed by atoms with Gasteiger partial charge in [0.25, 0.3) is 5.91 Å². The van der Waals surface area contributed by atoms with Gasteiger partial charge in [-0.2, -0.15) is 0 Å². The van der Waals surface area contributed by atoms with Crippen molar-refractivity contribution >= 4 is 17.8 Å². The van der Waals surface area contributed by atoms with Crippen LogP contribution < -0.4 is 14.8 Å². The van der Waals surface area contributed by atoms with Crippen LogP contribution in [0.25, 0.3) is 0 Å². The first-order valence-corrected chi connectivity index (χ1v) is 10.5. The predicted octanol–water partition coefficient (Wildman–Crippen LogP) is 2.55. The maximum absolute atomic E-state index is 13.1. The van der Waals surface area contributed by atoms with E-state index in [-0.39, 0.29) is 24.3 Å². The van der Waals surface area contributed by atoms with Crippen LogP contribution in [0.4, 0.5) is 4.79 Å². The van der Waals surface area contributed by atoms with Crippen molar-refractivity contribution < 1.29 is 23.9 Å². The average Bonchev–Trinajstić information content (AvgIpc) is 2.98. The average molecular weight is 418 g/mol. The fraction of sp³-hybridized carbons (Fsp3) is 0.591. The Balaban J connectivity index is 1.71. The molecule has 164 valence electrons. The molecule has 2 fully saturated rings. The zero-order valence-corrected chi connectivity index (χ0v) is 18.2. The molecule has 0 bridgehead atoms. The van der Waals surface area contributed by atoms with Gasteiger partial charge in [-0.15, -0.1) is 0 Å². The Bertz CT molecular complexity index is 827. The zero-order chi connectivity index (χ0) is 21.9. The summed E-state index contributed by atoms with van der Waals surface area (Å²) in [5.41, 5.74) is 0.0214. The van der Waals surface area contributed by atoms with E-state index in [1.807, 2.05) is 26.0 Å². The first kappa shape index (κ1) is 21.9.